The molecule has 0 unspecified atom stereocenters. The van der Waals surface area contributed by atoms with E-state index in [1.54, 1.807) is 0 Å². The topological polar surface area (TPSA) is 39.2 Å². The van der Waals surface area contributed by atoms with E-state index in [0.717, 1.165) is 5.69 Å². The van der Waals surface area contributed by atoms with Gasteiger partial charge >= 0.3 is 5.97 Å². The van der Waals surface area contributed by atoms with E-state index in [-0.39, 0.29) is 11.9 Å². The minimum Gasteiger partial charge on any atom is -0.465 e. The molecule has 0 N–H and O–H groups in total. The fraction of sp³-hybridized carbons (Fsp3) is 0.556. The Bertz CT molecular complexity index is 257. The fourth-order valence-corrected chi connectivity index (χ4v) is 1.36. The molecule has 0 saturated heterocycles. The molecule has 0 saturated carbocycles. The molecule has 0 atom stereocenters. The van der Waals surface area contributed by atoms with Gasteiger partial charge in [0.05, 0.1) is 18.2 Å². The van der Waals surface area contributed by atoms with Gasteiger partial charge in [-0.3, -0.25) is 4.79 Å². The third-order valence-corrected chi connectivity index (χ3v) is 2.16. The van der Waals surface area contributed by atoms with Crippen LogP contribution in [0.15, 0.2) is 11.4 Å². The summed E-state index contributed by atoms with van der Waals surface area (Å²) in [7, 11) is 0. The molecule has 1 aromatic heterocycles. The lowest BCUT2D eigenvalue weighted by Gasteiger charge is -2.05. The lowest BCUT2D eigenvalue weighted by Crippen LogP contribution is -2.13. The van der Waals surface area contributed by atoms with Gasteiger partial charge in [-0.25, -0.2) is 0 Å². The summed E-state index contributed by atoms with van der Waals surface area (Å²) in [5.74, 6) is -0.189. The van der Waals surface area contributed by atoms with Gasteiger partial charge in [0, 0.05) is 11.8 Å². The molecule has 0 aliphatic carbocycles. The van der Waals surface area contributed by atoms with Crippen LogP contribution in [-0.4, -0.2) is 16.9 Å². The van der Waals surface area contributed by atoms with Crippen molar-refractivity contribution in [1.29, 1.82) is 0 Å². The molecule has 0 amide bonds. The predicted octanol–water partition coefficient (Wildman–Crippen LogP) is 1.88. The number of rotatable bonds is 4. The summed E-state index contributed by atoms with van der Waals surface area (Å²) >= 11 is 1.41. The van der Waals surface area contributed by atoms with Crippen molar-refractivity contribution in [1.82, 2.24) is 4.37 Å². The number of nitrogens with zero attached hydrogens (tertiary/aromatic N) is 1. The third kappa shape index (κ3) is 3.55. The molecule has 0 aliphatic heterocycles. The number of carbonyl (C=O) groups excluding carboxylic acids is 1. The molecule has 0 aliphatic rings. The van der Waals surface area contributed by atoms with Crippen LogP contribution in [0.25, 0.3) is 0 Å². The summed E-state index contributed by atoms with van der Waals surface area (Å²) in [6, 6.07) is 1.94. The zero-order chi connectivity index (χ0) is 9.68. The Hall–Kier alpha value is -0.900. The minimum atomic E-state index is -0.143. The molecule has 3 nitrogen and oxygen atoms in total. The highest BCUT2D eigenvalue weighted by molar-refractivity contribution is 7.03. The molecule has 0 spiro atoms. The van der Waals surface area contributed by atoms with Crippen LogP contribution in [0.5, 0.6) is 0 Å². The molecule has 1 heterocycles. The van der Waals surface area contributed by atoms with Crippen LogP contribution in [-0.2, 0) is 16.0 Å². The van der Waals surface area contributed by atoms with Crippen LogP contribution in [0, 0.1) is 5.92 Å². The maximum Gasteiger partial charge on any atom is 0.308 e. The quantitative estimate of drug-likeness (QED) is 0.695. The molecule has 1 rings (SSSR count). The second-order valence-corrected chi connectivity index (χ2v) is 3.73. The number of hydrogen-bond acceptors (Lipinski definition) is 4. The Morgan fingerprint density at radius 1 is 1.69 bits per heavy atom. The van der Waals surface area contributed by atoms with Crippen molar-refractivity contribution in [2.45, 2.75) is 20.3 Å². The zero-order valence-corrected chi connectivity index (χ0v) is 8.63. The van der Waals surface area contributed by atoms with Gasteiger partial charge in [0.1, 0.15) is 0 Å². The first-order chi connectivity index (χ1) is 6.20. The number of aromatic nitrogens is 1. The number of hydrogen-bond donors (Lipinski definition) is 0. The van der Waals surface area contributed by atoms with Crippen molar-refractivity contribution < 1.29 is 9.53 Å². The molecule has 4 heteroatoms. The smallest absolute Gasteiger partial charge is 0.308 e. The Balaban J connectivity index is 2.18. The molecule has 1 aromatic rings. The summed E-state index contributed by atoms with van der Waals surface area (Å²) in [4.78, 5) is 11.0. The van der Waals surface area contributed by atoms with Crippen molar-refractivity contribution >= 4 is 17.5 Å². The van der Waals surface area contributed by atoms with Crippen LogP contribution in [0.2, 0.25) is 0 Å². The lowest BCUT2D eigenvalue weighted by molar-refractivity contribution is -0.147. The highest BCUT2D eigenvalue weighted by Gasteiger charge is 2.07. The van der Waals surface area contributed by atoms with E-state index in [4.69, 9.17) is 4.74 Å². The molecular formula is C9H13NO2S. The number of esters is 1. The van der Waals surface area contributed by atoms with Crippen molar-refractivity contribution in [3.63, 3.8) is 0 Å². The summed E-state index contributed by atoms with van der Waals surface area (Å²) in [6.45, 7) is 4.08. The van der Waals surface area contributed by atoms with Crippen molar-refractivity contribution in [3.05, 3.63) is 17.1 Å². The predicted molar refractivity (Wildman–Crippen MR) is 51.6 cm³/mol. The maximum absolute atomic E-state index is 11.0. The minimum absolute atomic E-state index is 0.0459. The maximum atomic E-state index is 11.0. The Kier molecular flexibility index (Phi) is 3.89. The highest BCUT2D eigenvalue weighted by atomic mass is 32.1. The second kappa shape index (κ2) is 4.97. The largest absolute Gasteiger partial charge is 0.465 e. The van der Waals surface area contributed by atoms with Crippen LogP contribution in [0.3, 0.4) is 0 Å². The Labute approximate surface area is 81.9 Å². The van der Waals surface area contributed by atoms with E-state index in [1.165, 1.54) is 11.5 Å². The summed E-state index contributed by atoms with van der Waals surface area (Å²) < 4.78 is 9.11. The molecule has 0 fully saturated rings. The van der Waals surface area contributed by atoms with E-state index in [2.05, 4.69) is 4.37 Å². The Morgan fingerprint density at radius 3 is 3.00 bits per heavy atom. The van der Waals surface area contributed by atoms with E-state index in [1.807, 2.05) is 25.3 Å². The van der Waals surface area contributed by atoms with Gasteiger partial charge in [-0.15, -0.1) is 0 Å². The Morgan fingerprint density at radius 2 is 2.46 bits per heavy atom. The van der Waals surface area contributed by atoms with Crippen LogP contribution < -0.4 is 0 Å². The van der Waals surface area contributed by atoms with Gasteiger partial charge in [0.2, 0.25) is 0 Å². The van der Waals surface area contributed by atoms with E-state index in [0.29, 0.717) is 13.0 Å². The summed E-state index contributed by atoms with van der Waals surface area (Å²) in [6.07, 6.45) is 0.710. The van der Waals surface area contributed by atoms with Crippen LogP contribution >= 0.6 is 11.5 Å². The first kappa shape index (κ1) is 10.2. The standard InChI is InChI=1S/C9H13NO2S/c1-7(2)9(11)12-5-3-8-4-6-13-10-8/h4,6-7H,3,5H2,1-2H3. The van der Waals surface area contributed by atoms with Crippen molar-refractivity contribution in [2.24, 2.45) is 5.92 Å². The van der Waals surface area contributed by atoms with Crippen molar-refractivity contribution in [2.75, 3.05) is 6.61 Å². The average molecular weight is 199 g/mol. The van der Waals surface area contributed by atoms with Crippen molar-refractivity contribution in [3.8, 4) is 0 Å². The lowest BCUT2D eigenvalue weighted by atomic mass is 10.2. The molecule has 13 heavy (non-hydrogen) atoms. The summed E-state index contributed by atoms with van der Waals surface area (Å²) in [5, 5.41) is 1.92. The third-order valence-electron chi connectivity index (χ3n) is 1.57. The van der Waals surface area contributed by atoms with Gasteiger partial charge in [0.25, 0.3) is 0 Å². The number of ether oxygens (including phenoxy) is 1. The normalized spacial score (nSPS) is 10.4. The van der Waals surface area contributed by atoms with E-state index < -0.39 is 0 Å². The monoisotopic (exact) mass is 199 g/mol. The SMILES string of the molecule is CC(C)C(=O)OCCc1ccsn1. The van der Waals surface area contributed by atoms with Crippen LogP contribution in [0.4, 0.5) is 0 Å². The molecule has 0 radical (unpaired) electrons. The fourth-order valence-electron chi connectivity index (χ4n) is 0.789. The molecule has 0 bridgehead atoms. The van der Waals surface area contributed by atoms with Gasteiger partial charge < -0.3 is 4.74 Å². The first-order valence-electron chi connectivity index (χ1n) is 4.26. The van der Waals surface area contributed by atoms with E-state index >= 15 is 0 Å². The number of carbonyl (C=O) groups is 1. The highest BCUT2D eigenvalue weighted by Crippen LogP contribution is 2.02. The van der Waals surface area contributed by atoms with Gasteiger partial charge in [-0.1, -0.05) is 13.8 Å². The molecule has 72 valence electrons. The molecular weight excluding hydrogens is 186 g/mol. The average Bonchev–Trinajstić information content (AvgIpc) is 2.56. The van der Waals surface area contributed by atoms with Gasteiger partial charge in [-0.05, 0) is 17.6 Å². The van der Waals surface area contributed by atoms with Gasteiger partial charge in [-0.2, -0.15) is 4.37 Å². The zero-order valence-electron chi connectivity index (χ0n) is 7.82. The first-order valence-corrected chi connectivity index (χ1v) is 5.09. The van der Waals surface area contributed by atoms with E-state index in [9.17, 15) is 4.79 Å². The second-order valence-electron chi connectivity index (χ2n) is 3.06. The van der Waals surface area contributed by atoms with Gasteiger partial charge in [0.15, 0.2) is 0 Å². The van der Waals surface area contributed by atoms with Crippen LogP contribution in [0.1, 0.15) is 19.5 Å². The molecule has 0 aromatic carbocycles. The summed E-state index contributed by atoms with van der Waals surface area (Å²) in [5.41, 5.74) is 0.988.